The number of likely N-dealkylation sites (N-methyl/N-ethyl adjacent to an activating group) is 1. The average molecular weight is 428 g/mol. The van der Waals surface area contributed by atoms with E-state index in [4.69, 9.17) is 9.47 Å². The number of benzene rings is 2. The molecule has 0 aromatic heterocycles. The van der Waals surface area contributed by atoms with Crippen LogP contribution in [0.3, 0.4) is 0 Å². The van der Waals surface area contributed by atoms with Crippen LogP contribution in [0.1, 0.15) is 41.3 Å². The molecule has 1 amide bonds. The van der Waals surface area contributed by atoms with Crippen LogP contribution in [0.5, 0.6) is 0 Å². The molecule has 160 valence electrons. The lowest BCUT2D eigenvalue weighted by molar-refractivity contribution is -0.133. The van der Waals surface area contributed by atoms with E-state index in [0.29, 0.717) is 12.1 Å². The van der Waals surface area contributed by atoms with Crippen LogP contribution in [0.2, 0.25) is 0 Å². The van der Waals surface area contributed by atoms with E-state index >= 15 is 0 Å². The lowest BCUT2D eigenvalue weighted by Crippen LogP contribution is -2.30. The molecule has 1 aliphatic rings. The van der Waals surface area contributed by atoms with Crippen LogP contribution in [0.4, 0.5) is 0 Å². The molecule has 1 heterocycles. The molecule has 5 nitrogen and oxygen atoms in total. The number of amides is 1. The van der Waals surface area contributed by atoms with E-state index in [2.05, 4.69) is 19.1 Å². The Kier molecular flexibility index (Phi) is 8.34. The first kappa shape index (κ1) is 22.4. The standard InChI is InChI=1S/C24H29NO4S/c1-3-18-10-12-19(13-11-18)15-25(2)23(26)16-29-24(27)21-8-4-5-9-22(21)30-17-20-7-6-14-28-20/h4-5,8-13,20H,3,6-7,14-17H2,1-2H3. The number of esters is 1. The predicted molar refractivity (Wildman–Crippen MR) is 119 cm³/mol. The smallest absolute Gasteiger partial charge is 0.339 e. The van der Waals surface area contributed by atoms with E-state index in [0.717, 1.165) is 42.1 Å². The minimum absolute atomic E-state index is 0.229. The maximum Gasteiger partial charge on any atom is 0.339 e. The van der Waals surface area contributed by atoms with E-state index in [-0.39, 0.29) is 18.6 Å². The highest BCUT2D eigenvalue weighted by Crippen LogP contribution is 2.27. The Morgan fingerprint density at radius 2 is 1.87 bits per heavy atom. The molecule has 0 N–H and O–H groups in total. The van der Waals surface area contributed by atoms with Gasteiger partial charge in [-0.05, 0) is 42.5 Å². The van der Waals surface area contributed by atoms with Crippen LogP contribution in [0, 0.1) is 0 Å². The molecule has 0 spiro atoms. The molecule has 30 heavy (non-hydrogen) atoms. The summed E-state index contributed by atoms with van der Waals surface area (Å²) in [5.74, 6) is 0.106. The molecule has 0 aliphatic carbocycles. The number of nitrogens with zero attached hydrogens (tertiary/aromatic N) is 1. The van der Waals surface area contributed by atoms with Gasteiger partial charge in [0.05, 0.1) is 11.7 Å². The number of ether oxygens (including phenoxy) is 2. The summed E-state index contributed by atoms with van der Waals surface area (Å²) in [6.07, 6.45) is 3.37. The zero-order valence-electron chi connectivity index (χ0n) is 17.6. The minimum Gasteiger partial charge on any atom is -0.452 e. The van der Waals surface area contributed by atoms with Gasteiger partial charge < -0.3 is 14.4 Å². The molecule has 0 radical (unpaired) electrons. The second kappa shape index (κ2) is 11.2. The highest BCUT2D eigenvalue weighted by Gasteiger charge is 2.19. The lowest BCUT2D eigenvalue weighted by atomic mass is 10.1. The van der Waals surface area contributed by atoms with E-state index in [1.54, 1.807) is 35.8 Å². The van der Waals surface area contributed by atoms with Crippen LogP contribution >= 0.6 is 11.8 Å². The zero-order chi connectivity index (χ0) is 21.3. The van der Waals surface area contributed by atoms with E-state index < -0.39 is 5.97 Å². The van der Waals surface area contributed by atoms with Gasteiger partial charge in [-0.15, -0.1) is 11.8 Å². The maximum atomic E-state index is 12.6. The van der Waals surface area contributed by atoms with Gasteiger partial charge in [0.25, 0.3) is 5.91 Å². The molecular weight excluding hydrogens is 398 g/mol. The Morgan fingerprint density at radius 1 is 1.13 bits per heavy atom. The number of hydrogen-bond donors (Lipinski definition) is 0. The normalized spacial score (nSPS) is 15.7. The fourth-order valence-corrected chi connectivity index (χ4v) is 4.39. The fraction of sp³-hybridized carbons (Fsp3) is 0.417. The van der Waals surface area contributed by atoms with E-state index in [1.165, 1.54) is 5.56 Å². The van der Waals surface area contributed by atoms with Gasteiger partial charge in [-0.3, -0.25) is 4.79 Å². The highest BCUT2D eigenvalue weighted by atomic mass is 32.2. The molecule has 2 aromatic rings. The quantitative estimate of drug-likeness (QED) is 0.440. The number of carbonyl (C=O) groups excluding carboxylic acids is 2. The molecule has 1 aliphatic heterocycles. The summed E-state index contributed by atoms with van der Waals surface area (Å²) in [5.41, 5.74) is 2.80. The van der Waals surface area contributed by atoms with Crippen LogP contribution in [-0.2, 0) is 27.2 Å². The van der Waals surface area contributed by atoms with Crippen molar-refractivity contribution in [2.75, 3.05) is 26.0 Å². The van der Waals surface area contributed by atoms with Gasteiger partial charge >= 0.3 is 5.97 Å². The van der Waals surface area contributed by atoms with Crippen molar-refractivity contribution in [2.45, 2.75) is 43.7 Å². The third-order valence-corrected chi connectivity index (χ3v) is 6.36. The summed E-state index contributed by atoms with van der Waals surface area (Å²) in [5, 5.41) is 0. The second-order valence-corrected chi connectivity index (χ2v) is 8.50. The predicted octanol–water partition coefficient (Wildman–Crippen LogP) is 4.34. The largest absolute Gasteiger partial charge is 0.452 e. The summed E-state index contributed by atoms with van der Waals surface area (Å²) >= 11 is 1.60. The van der Waals surface area contributed by atoms with Crippen LogP contribution in [0.15, 0.2) is 53.4 Å². The van der Waals surface area contributed by atoms with Crippen LogP contribution in [0.25, 0.3) is 0 Å². The molecule has 1 atom stereocenters. The molecular formula is C24H29NO4S. The van der Waals surface area contributed by atoms with Gasteiger partial charge in [0, 0.05) is 30.8 Å². The van der Waals surface area contributed by atoms with Gasteiger partial charge in [0.1, 0.15) is 0 Å². The molecule has 0 saturated carbocycles. The Labute approximate surface area is 182 Å². The molecule has 1 fully saturated rings. The monoisotopic (exact) mass is 427 g/mol. The van der Waals surface area contributed by atoms with Crippen molar-refractivity contribution >= 4 is 23.6 Å². The summed E-state index contributed by atoms with van der Waals surface area (Å²) in [6, 6.07) is 15.5. The molecule has 6 heteroatoms. The number of aryl methyl sites for hydroxylation is 1. The van der Waals surface area contributed by atoms with Crippen molar-refractivity contribution in [3.05, 3.63) is 65.2 Å². The molecule has 0 bridgehead atoms. The molecule has 1 unspecified atom stereocenters. The first-order valence-electron chi connectivity index (χ1n) is 10.4. The van der Waals surface area contributed by atoms with Crippen molar-refractivity contribution in [1.29, 1.82) is 0 Å². The van der Waals surface area contributed by atoms with E-state index in [9.17, 15) is 9.59 Å². The number of thioether (sulfide) groups is 1. The number of carbonyl (C=O) groups is 2. The van der Waals surface area contributed by atoms with Gasteiger partial charge in [0.15, 0.2) is 6.61 Å². The molecule has 1 saturated heterocycles. The van der Waals surface area contributed by atoms with E-state index in [1.807, 2.05) is 24.3 Å². The van der Waals surface area contributed by atoms with Gasteiger partial charge in [-0.25, -0.2) is 4.79 Å². The Morgan fingerprint density at radius 3 is 2.57 bits per heavy atom. The minimum atomic E-state index is -0.473. The van der Waals surface area contributed by atoms with Crippen molar-refractivity contribution < 1.29 is 19.1 Å². The third-order valence-electron chi connectivity index (χ3n) is 5.16. The summed E-state index contributed by atoms with van der Waals surface area (Å²) in [4.78, 5) is 27.4. The van der Waals surface area contributed by atoms with Crippen molar-refractivity contribution in [3.63, 3.8) is 0 Å². The molecule has 3 rings (SSSR count). The van der Waals surface area contributed by atoms with Crippen LogP contribution in [-0.4, -0.2) is 48.9 Å². The first-order valence-corrected chi connectivity index (χ1v) is 11.4. The first-order chi connectivity index (χ1) is 14.6. The summed E-state index contributed by atoms with van der Waals surface area (Å²) in [7, 11) is 1.72. The van der Waals surface area contributed by atoms with Gasteiger partial charge in [0.2, 0.25) is 0 Å². The SMILES string of the molecule is CCc1ccc(CN(C)C(=O)COC(=O)c2ccccc2SCC2CCCO2)cc1. The lowest BCUT2D eigenvalue weighted by Gasteiger charge is -2.18. The van der Waals surface area contributed by atoms with Crippen molar-refractivity contribution in [1.82, 2.24) is 4.90 Å². The topological polar surface area (TPSA) is 55.8 Å². The average Bonchev–Trinajstić information content (AvgIpc) is 3.30. The van der Waals surface area contributed by atoms with Gasteiger partial charge in [-0.2, -0.15) is 0 Å². The van der Waals surface area contributed by atoms with Crippen LogP contribution < -0.4 is 0 Å². The van der Waals surface area contributed by atoms with Crippen molar-refractivity contribution in [2.24, 2.45) is 0 Å². The highest BCUT2D eigenvalue weighted by molar-refractivity contribution is 7.99. The third kappa shape index (κ3) is 6.34. The molecule has 2 aromatic carbocycles. The summed E-state index contributed by atoms with van der Waals surface area (Å²) in [6.45, 7) is 3.13. The number of rotatable bonds is 9. The Hall–Kier alpha value is -2.31. The Bertz CT molecular complexity index is 847. The Balaban J connectivity index is 1.50. The van der Waals surface area contributed by atoms with Gasteiger partial charge in [-0.1, -0.05) is 43.3 Å². The second-order valence-electron chi connectivity index (χ2n) is 7.44. The zero-order valence-corrected chi connectivity index (χ0v) is 18.5. The van der Waals surface area contributed by atoms with Crippen molar-refractivity contribution in [3.8, 4) is 0 Å². The number of hydrogen-bond acceptors (Lipinski definition) is 5. The maximum absolute atomic E-state index is 12.6. The fourth-order valence-electron chi connectivity index (χ4n) is 3.28. The summed E-state index contributed by atoms with van der Waals surface area (Å²) < 4.78 is 11.0.